The highest BCUT2D eigenvalue weighted by atomic mass is 79.9. The number of nitrogens with zero attached hydrogens (tertiary/aromatic N) is 5. The number of rotatable bonds is 5. The summed E-state index contributed by atoms with van der Waals surface area (Å²) in [5.74, 6) is 2.63. The van der Waals surface area contributed by atoms with Crippen molar-refractivity contribution in [1.82, 2.24) is 19.1 Å². The molecule has 0 radical (unpaired) electrons. The van der Waals surface area contributed by atoms with Gasteiger partial charge in [0, 0.05) is 48.5 Å². The van der Waals surface area contributed by atoms with E-state index in [4.69, 9.17) is 0 Å². The molecule has 0 spiro atoms. The van der Waals surface area contributed by atoms with Crippen molar-refractivity contribution in [2.45, 2.75) is 88.2 Å². The Hall–Kier alpha value is -1.45. The van der Waals surface area contributed by atoms with Crippen LogP contribution in [0.25, 0.3) is 0 Å². The summed E-state index contributed by atoms with van der Waals surface area (Å²) in [6, 6.07) is 5.74. The van der Waals surface area contributed by atoms with Crippen LogP contribution in [-0.4, -0.2) is 52.7 Å². The molecule has 5 rings (SSSR count). The quantitative estimate of drug-likeness (QED) is 0.585. The van der Waals surface area contributed by atoms with Crippen molar-refractivity contribution < 1.29 is 8.42 Å². The third kappa shape index (κ3) is 3.80. The van der Waals surface area contributed by atoms with Crippen molar-refractivity contribution in [3.05, 3.63) is 34.3 Å². The second-order valence-electron chi connectivity index (χ2n) is 9.43. The van der Waals surface area contributed by atoms with Crippen LogP contribution in [0.3, 0.4) is 0 Å². The van der Waals surface area contributed by atoms with E-state index >= 15 is 0 Å². The fraction of sp³-hybridized carbons (Fsp3) is 0.652. The molecule has 0 unspecified atom stereocenters. The average Bonchev–Trinajstić information content (AvgIpc) is 3.49. The van der Waals surface area contributed by atoms with E-state index in [0.717, 1.165) is 86.4 Å². The molecule has 4 heterocycles. The average molecular weight is 523 g/mol. The Kier molecular flexibility index (Phi) is 6.09. The smallest absolute Gasteiger partial charge is 0.245 e. The van der Waals surface area contributed by atoms with Crippen molar-refractivity contribution in [3.8, 4) is 0 Å². The van der Waals surface area contributed by atoms with Crippen LogP contribution >= 0.6 is 15.9 Å². The highest BCUT2D eigenvalue weighted by Gasteiger charge is 2.41. The van der Waals surface area contributed by atoms with Gasteiger partial charge in [0.25, 0.3) is 0 Å². The molecule has 3 aliphatic rings. The number of anilines is 1. The summed E-state index contributed by atoms with van der Waals surface area (Å²) in [4.78, 5) is 2.69. The minimum absolute atomic E-state index is 0.0437. The largest absolute Gasteiger partial charge is 0.370 e. The van der Waals surface area contributed by atoms with E-state index in [1.54, 1.807) is 10.4 Å². The second kappa shape index (κ2) is 8.72. The minimum Gasteiger partial charge on any atom is -0.370 e. The highest BCUT2D eigenvalue weighted by molar-refractivity contribution is 9.10. The standard InChI is InChI=1S/C23H32BrN5O2S/c1-3-19-8-6-16(2)29(19)32(30,31)21-9-7-18(24)15-20(21)27-13-10-17(11-14-27)23-26-25-22-5-4-12-28(22)23/h7,9,15-17,19H,3-6,8,10-14H2,1-2H3/t16-,19+/m0/s1. The van der Waals surface area contributed by atoms with Gasteiger partial charge in [-0.05, 0) is 63.6 Å². The lowest BCUT2D eigenvalue weighted by Crippen LogP contribution is -2.41. The fourth-order valence-electron chi connectivity index (χ4n) is 5.79. The van der Waals surface area contributed by atoms with Crippen molar-refractivity contribution in [2.75, 3.05) is 18.0 Å². The molecule has 9 heteroatoms. The van der Waals surface area contributed by atoms with E-state index in [9.17, 15) is 8.42 Å². The van der Waals surface area contributed by atoms with Gasteiger partial charge in [0.15, 0.2) is 0 Å². The Balaban J connectivity index is 1.41. The molecule has 0 N–H and O–H groups in total. The molecule has 2 atom stereocenters. The van der Waals surface area contributed by atoms with Gasteiger partial charge in [-0.1, -0.05) is 22.9 Å². The number of hydrogen-bond acceptors (Lipinski definition) is 5. The molecule has 0 aliphatic carbocycles. The van der Waals surface area contributed by atoms with Gasteiger partial charge in [-0.25, -0.2) is 8.42 Å². The molecule has 1 aromatic heterocycles. The van der Waals surface area contributed by atoms with Crippen molar-refractivity contribution >= 4 is 31.6 Å². The summed E-state index contributed by atoms with van der Waals surface area (Å²) in [5, 5.41) is 8.87. The van der Waals surface area contributed by atoms with Gasteiger partial charge in [0.2, 0.25) is 10.0 Å². The molecular weight excluding hydrogens is 490 g/mol. The normalized spacial score (nSPS) is 24.9. The molecule has 32 heavy (non-hydrogen) atoms. The third-order valence-electron chi connectivity index (χ3n) is 7.50. The molecule has 0 bridgehead atoms. The third-order valence-corrected chi connectivity index (χ3v) is 10.1. The lowest BCUT2D eigenvalue weighted by atomic mass is 9.95. The van der Waals surface area contributed by atoms with Crippen molar-refractivity contribution in [3.63, 3.8) is 0 Å². The molecule has 0 amide bonds. The van der Waals surface area contributed by atoms with E-state index in [2.05, 4.69) is 42.5 Å². The molecule has 174 valence electrons. The minimum atomic E-state index is -3.57. The first-order chi connectivity index (χ1) is 15.4. The predicted molar refractivity (Wildman–Crippen MR) is 128 cm³/mol. The first-order valence-electron chi connectivity index (χ1n) is 11.9. The zero-order chi connectivity index (χ0) is 22.5. The van der Waals surface area contributed by atoms with E-state index in [1.807, 2.05) is 19.1 Å². The van der Waals surface area contributed by atoms with Gasteiger partial charge in [-0.15, -0.1) is 10.2 Å². The summed E-state index contributed by atoms with van der Waals surface area (Å²) >= 11 is 3.57. The fourth-order valence-corrected chi connectivity index (χ4v) is 8.28. The summed E-state index contributed by atoms with van der Waals surface area (Å²) in [6.45, 7) is 6.78. The zero-order valence-electron chi connectivity index (χ0n) is 18.9. The van der Waals surface area contributed by atoms with Crippen LogP contribution in [0.2, 0.25) is 0 Å². The monoisotopic (exact) mass is 521 g/mol. The Morgan fingerprint density at radius 3 is 2.62 bits per heavy atom. The van der Waals surface area contributed by atoms with Crippen LogP contribution in [0.5, 0.6) is 0 Å². The van der Waals surface area contributed by atoms with E-state index in [-0.39, 0.29) is 12.1 Å². The maximum Gasteiger partial charge on any atom is 0.245 e. The number of halogens is 1. The SMILES string of the molecule is CC[C@@H]1CC[C@H](C)N1S(=O)(=O)c1ccc(Br)cc1N1CCC(c2nnc3n2CCC3)CC1. The lowest BCUT2D eigenvalue weighted by molar-refractivity contribution is 0.328. The van der Waals surface area contributed by atoms with E-state index in [0.29, 0.717) is 10.8 Å². The van der Waals surface area contributed by atoms with Gasteiger partial charge < -0.3 is 9.47 Å². The van der Waals surface area contributed by atoms with Gasteiger partial charge in [0.05, 0.1) is 5.69 Å². The Labute approximate surface area is 199 Å². The molecule has 3 aliphatic heterocycles. The maximum atomic E-state index is 13.8. The number of sulfonamides is 1. The number of fused-ring (bicyclic) bond motifs is 1. The summed E-state index contributed by atoms with van der Waals surface area (Å²) in [5.41, 5.74) is 0.818. The van der Waals surface area contributed by atoms with Crippen molar-refractivity contribution in [2.24, 2.45) is 0 Å². The predicted octanol–water partition coefficient (Wildman–Crippen LogP) is 4.32. The highest BCUT2D eigenvalue weighted by Crippen LogP contribution is 2.39. The molecule has 1 aromatic carbocycles. The van der Waals surface area contributed by atoms with Gasteiger partial charge in [0.1, 0.15) is 16.5 Å². The van der Waals surface area contributed by atoms with Crippen LogP contribution in [-0.2, 0) is 23.0 Å². The number of aryl methyl sites for hydroxylation is 1. The summed E-state index contributed by atoms with van der Waals surface area (Å²) < 4.78 is 32.6. The number of piperidine rings is 1. The molecule has 2 saturated heterocycles. The van der Waals surface area contributed by atoms with Crippen LogP contribution in [0.15, 0.2) is 27.6 Å². The van der Waals surface area contributed by atoms with Crippen molar-refractivity contribution in [1.29, 1.82) is 0 Å². The Morgan fingerprint density at radius 2 is 1.88 bits per heavy atom. The van der Waals surface area contributed by atoms with E-state index in [1.165, 1.54) is 0 Å². The van der Waals surface area contributed by atoms with E-state index < -0.39 is 10.0 Å². The molecular formula is C23H32BrN5O2S. The van der Waals surface area contributed by atoms with Gasteiger partial charge in [-0.3, -0.25) is 0 Å². The van der Waals surface area contributed by atoms with Crippen LogP contribution < -0.4 is 4.90 Å². The lowest BCUT2D eigenvalue weighted by Gasteiger charge is -2.35. The molecule has 0 saturated carbocycles. The number of aromatic nitrogens is 3. The Bertz CT molecular complexity index is 1090. The first-order valence-corrected chi connectivity index (χ1v) is 14.1. The zero-order valence-corrected chi connectivity index (χ0v) is 21.3. The second-order valence-corrected chi connectivity index (χ2v) is 12.2. The van der Waals surface area contributed by atoms with Gasteiger partial charge in [-0.2, -0.15) is 4.31 Å². The molecule has 7 nitrogen and oxygen atoms in total. The Morgan fingerprint density at radius 1 is 1.09 bits per heavy atom. The van der Waals surface area contributed by atoms with Crippen LogP contribution in [0.4, 0.5) is 5.69 Å². The first kappa shape index (κ1) is 22.3. The summed E-state index contributed by atoms with van der Waals surface area (Å²) in [7, 11) is -3.57. The van der Waals surface area contributed by atoms with Gasteiger partial charge >= 0.3 is 0 Å². The molecule has 2 aromatic rings. The van der Waals surface area contributed by atoms with Crippen LogP contribution in [0.1, 0.15) is 69.9 Å². The molecule has 2 fully saturated rings. The number of hydrogen-bond donors (Lipinski definition) is 0. The number of benzene rings is 1. The van der Waals surface area contributed by atoms with Crippen LogP contribution in [0, 0.1) is 0 Å². The maximum absolute atomic E-state index is 13.8. The topological polar surface area (TPSA) is 71.3 Å². The summed E-state index contributed by atoms with van der Waals surface area (Å²) in [6.07, 6.45) is 6.82.